The smallest absolute Gasteiger partial charge is 0.252 e. The van der Waals surface area contributed by atoms with Crippen molar-refractivity contribution >= 4 is 56.6 Å². The molecule has 0 fully saturated rings. The van der Waals surface area contributed by atoms with Crippen LogP contribution in [-0.2, 0) is 4.79 Å². The van der Waals surface area contributed by atoms with Gasteiger partial charge in [-0.2, -0.15) is 0 Å². The summed E-state index contributed by atoms with van der Waals surface area (Å²) in [7, 11) is 0. The summed E-state index contributed by atoms with van der Waals surface area (Å²) < 4.78 is 0.734. The van der Waals surface area contributed by atoms with Crippen molar-refractivity contribution in [1.82, 2.24) is 4.98 Å². The summed E-state index contributed by atoms with van der Waals surface area (Å²) >= 11 is 2.13. The van der Waals surface area contributed by atoms with Gasteiger partial charge in [0, 0.05) is 17.3 Å². The first-order chi connectivity index (χ1) is 13.3. The number of benzene rings is 1. The van der Waals surface area contributed by atoms with Crippen molar-refractivity contribution in [3.05, 3.63) is 51.8 Å². The molecule has 0 radical (unpaired) electrons. The normalized spacial score (nSPS) is 10.8. The first kappa shape index (κ1) is 19.6. The lowest BCUT2D eigenvalue weighted by molar-refractivity contribution is -0.113. The highest BCUT2D eigenvalue weighted by molar-refractivity contribution is 8.02. The van der Waals surface area contributed by atoms with Crippen LogP contribution < -0.4 is 16.6 Å². The summed E-state index contributed by atoms with van der Waals surface area (Å²) in [6.45, 7) is 1.45. The highest BCUT2D eigenvalue weighted by Gasteiger charge is 2.21. The van der Waals surface area contributed by atoms with Crippen LogP contribution in [0.25, 0.3) is 10.2 Å². The molecule has 0 aliphatic carbocycles. The molecule has 144 valence electrons. The fourth-order valence-corrected chi connectivity index (χ4v) is 4.75. The average molecular weight is 417 g/mol. The van der Waals surface area contributed by atoms with Gasteiger partial charge in [-0.05, 0) is 31.2 Å². The number of aromatic amines is 1. The number of carbonyl (C=O) groups excluding carboxylic acids is 3. The lowest BCUT2D eigenvalue weighted by atomic mass is 10.1. The number of nitrogens with two attached hydrogens (primary N) is 1. The van der Waals surface area contributed by atoms with Gasteiger partial charge < -0.3 is 21.1 Å². The number of thiophene rings is 1. The molecule has 0 aliphatic rings. The molecule has 0 unspecified atom stereocenters. The lowest BCUT2D eigenvalue weighted by Crippen LogP contribution is -2.15. The number of rotatable bonds is 6. The number of hydrogen-bond donors (Lipinski definition) is 4. The summed E-state index contributed by atoms with van der Waals surface area (Å²) in [6.07, 6.45) is 0. The molecule has 1 aromatic carbocycles. The van der Waals surface area contributed by atoms with E-state index in [1.165, 1.54) is 6.92 Å². The van der Waals surface area contributed by atoms with E-state index in [0.717, 1.165) is 29.2 Å². The number of thioether (sulfide) groups is 1. The van der Waals surface area contributed by atoms with E-state index >= 15 is 0 Å². The van der Waals surface area contributed by atoms with Gasteiger partial charge in [-0.3, -0.25) is 19.2 Å². The van der Waals surface area contributed by atoms with Crippen LogP contribution in [0.1, 0.15) is 27.6 Å². The van der Waals surface area contributed by atoms with E-state index in [1.54, 1.807) is 24.3 Å². The van der Waals surface area contributed by atoms with E-state index in [9.17, 15) is 24.3 Å². The predicted octanol–water partition coefficient (Wildman–Crippen LogP) is 2.33. The van der Waals surface area contributed by atoms with Crippen LogP contribution in [0.5, 0.6) is 5.75 Å². The number of primary amides is 1. The van der Waals surface area contributed by atoms with E-state index in [0.29, 0.717) is 20.2 Å². The van der Waals surface area contributed by atoms with Gasteiger partial charge in [-0.25, -0.2) is 0 Å². The summed E-state index contributed by atoms with van der Waals surface area (Å²) in [5.41, 5.74) is 6.15. The Hall–Kier alpha value is -3.11. The number of aromatic nitrogens is 1. The number of H-pyrrole nitrogens is 1. The third-order valence-corrected chi connectivity index (χ3v) is 6.26. The lowest BCUT2D eigenvalue weighted by Gasteiger charge is -2.06. The SMILES string of the molecule is CC(=O)c1ccc(NC(=O)CSc2sc3c(O)cc(=O)[nH]c3c2C(N)=O)cc1. The zero-order chi connectivity index (χ0) is 20.4. The second-order valence-corrected chi connectivity index (χ2v) is 8.09. The van der Waals surface area contributed by atoms with Crippen molar-refractivity contribution in [3.8, 4) is 5.75 Å². The molecule has 0 aliphatic heterocycles. The monoisotopic (exact) mass is 417 g/mol. The zero-order valence-corrected chi connectivity index (χ0v) is 16.2. The Morgan fingerprint density at radius 2 is 1.93 bits per heavy atom. The van der Waals surface area contributed by atoms with Gasteiger partial charge in [0.1, 0.15) is 5.75 Å². The Morgan fingerprint density at radius 1 is 1.25 bits per heavy atom. The zero-order valence-electron chi connectivity index (χ0n) is 14.6. The molecule has 0 saturated carbocycles. The van der Waals surface area contributed by atoms with Crippen LogP contribution in [0.2, 0.25) is 0 Å². The van der Waals surface area contributed by atoms with Crippen LogP contribution in [0.3, 0.4) is 0 Å². The maximum Gasteiger partial charge on any atom is 0.252 e. The van der Waals surface area contributed by atoms with E-state index in [-0.39, 0.29) is 34.3 Å². The predicted molar refractivity (Wildman–Crippen MR) is 108 cm³/mol. The van der Waals surface area contributed by atoms with Crippen LogP contribution in [0, 0.1) is 0 Å². The molecule has 0 saturated heterocycles. The Labute approximate surface area is 166 Å². The van der Waals surface area contributed by atoms with Gasteiger partial charge in [0.25, 0.3) is 11.5 Å². The standard InChI is InChI=1S/C18H15N3O5S2/c1-8(22)9-2-4-10(5-3-9)20-13(25)7-27-18-14(17(19)26)15-16(28-18)11(23)6-12(24)21-15/h2-6H,7H2,1H3,(H2,19,26)(H,20,25)(H2,21,23,24). The van der Waals surface area contributed by atoms with Gasteiger partial charge in [0.05, 0.1) is 25.7 Å². The first-order valence-corrected chi connectivity index (χ1v) is 9.78. The summed E-state index contributed by atoms with van der Waals surface area (Å²) in [5.74, 6) is -1.44. The second kappa shape index (κ2) is 7.87. The quantitative estimate of drug-likeness (QED) is 0.358. The van der Waals surface area contributed by atoms with Gasteiger partial charge in [-0.15, -0.1) is 23.1 Å². The molecule has 28 heavy (non-hydrogen) atoms. The molecule has 0 spiro atoms. The number of Topliss-reactive ketones (excluding diaryl/α,β-unsaturated/α-hetero) is 1. The Bertz CT molecular complexity index is 1150. The van der Waals surface area contributed by atoms with Crippen LogP contribution >= 0.6 is 23.1 Å². The Morgan fingerprint density at radius 3 is 2.54 bits per heavy atom. The summed E-state index contributed by atoms with van der Waals surface area (Å²) in [4.78, 5) is 49.4. The average Bonchev–Trinajstić information content (AvgIpc) is 2.99. The van der Waals surface area contributed by atoms with Crippen LogP contribution in [0.15, 0.2) is 39.3 Å². The maximum atomic E-state index is 12.2. The molecule has 10 heteroatoms. The number of hydrogen-bond acceptors (Lipinski definition) is 7. The fraction of sp³-hybridized carbons (Fsp3) is 0.111. The number of nitrogens with one attached hydrogen (secondary N) is 2. The Balaban J connectivity index is 1.77. The van der Waals surface area contributed by atoms with Crippen LogP contribution in [0.4, 0.5) is 5.69 Å². The highest BCUT2D eigenvalue weighted by atomic mass is 32.2. The molecule has 0 bridgehead atoms. The number of carbonyl (C=O) groups is 3. The van der Waals surface area contributed by atoms with Crippen molar-refractivity contribution in [2.24, 2.45) is 5.73 Å². The van der Waals surface area contributed by atoms with Gasteiger partial charge in [-0.1, -0.05) is 0 Å². The second-order valence-electron chi connectivity index (χ2n) is 5.82. The summed E-state index contributed by atoms with van der Waals surface area (Å²) in [5, 5.41) is 12.6. The maximum absolute atomic E-state index is 12.2. The highest BCUT2D eigenvalue weighted by Crippen LogP contribution is 2.40. The van der Waals surface area contributed by atoms with Crippen molar-refractivity contribution < 1.29 is 19.5 Å². The third-order valence-electron chi connectivity index (χ3n) is 3.78. The largest absolute Gasteiger partial charge is 0.506 e. The van der Waals surface area contributed by atoms with Gasteiger partial charge in [0.15, 0.2) is 5.78 Å². The van der Waals surface area contributed by atoms with Gasteiger partial charge >= 0.3 is 0 Å². The number of pyridine rings is 1. The molecule has 8 nitrogen and oxygen atoms in total. The van der Waals surface area contributed by atoms with Crippen molar-refractivity contribution in [3.63, 3.8) is 0 Å². The third kappa shape index (κ3) is 4.07. The van der Waals surface area contributed by atoms with E-state index in [1.807, 2.05) is 0 Å². The van der Waals surface area contributed by atoms with E-state index in [2.05, 4.69) is 10.3 Å². The first-order valence-electron chi connectivity index (χ1n) is 7.98. The molecule has 3 aromatic rings. The molecular weight excluding hydrogens is 402 g/mol. The van der Waals surface area contributed by atoms with E-state index < -0.39 is 11.5 Å². The molecule has 2 aromatic heterocycles. The van der Waals surface area contributed by atoms with Crippen LogP contribution in [-0.4, -0.2) is 33.4 Å². The number of fused-ring (bicyclic) bond motifs is 1. The number of anilines is 1. The minimum Gasteiger partial charge on any atom is -0.506 e. The van der Waals surface area contributed by atoms with Gasteiger partial charge in [0.2, 0.25) is 5.91 Å². The minimum atomic E-state index is -0.768. The fourth-order valence-electron chi connectivity index (χ4n) is 2.50. The molecular formula is C18H15N3O5S2. The topological polar surface area (TPSA) is 142 Å². The number of aromatic hydroxyl groups is 1. The summed E-state index contributed by atoms with van der Waals surface area (Å²) in [6, 6.07) is 7.48. The minimum absolute atomic E-state index is 0.0213. The molecule has 2 amide bonds. The van der Waals surface area contributed by atoms with E-state index in [4.69, 9.17) is 5.73 Å². The molecule has 5 N–H and O–H groups in total. The molecule has 3 rings (SSSR count). The number of amides is 2. The molecule has 2 heterocycles. The Kier molecular flexibility index (Phi) is 5.52. The van der Waals surface area contributed by atoms with Crippen molar-refractivity contribution in [1.29, 1.82) is 0 Å². The number of ketones is 1. The molecule has 0 atom stereocenters. The van der Waals surface area contributed by atoms with Crippen molar-refractivity contribution in [2.45, 2.75) is 11.1 Å². The van der Waals surface area contributed by atoms with Crippen molar-refractivity contribution in [2.75, 3.05) is 11.1 Å².